The van der Waals surface area contributed by atoms with Crippen molar-refractivity contribution in [2.24, 2.45) is 0 Å². The lowest BCUT2D eigenvalue weighted by Crippen LogP contribution is -2.11. The molecular formula is C10H18O3. The normalized spacial score (nSPS) is 32.3. The molecule has 76 valence electrons. The van der Waals surface area contributed by atoms with Gasteiger partial charge in [-0.3, -0.25) is 0 Å². The molecule has 2 heterocycles. The number of hydrogen-bond acceptors (Lipinski definition) is 3. The van der Waals surface area contributed by atoms with Crippen molar-refractivity contribution in [1.82, 2.24) is 0 Å². The molecule has 0 aromatic carbocycles. The van der Waals surface area contributed by atoms with Crippen molar-refractivity contribution in [2.75, 3.05) is 19.8 Å². The topological polar surface area (TPSA) is 31.0 Å². The molecule has 0 N–H and O–H groups in total. The van der Waals surface area contributed by atoms with Crippen molar-refractivity contribution in [3.05, 3.63) is 0 Å². The van der Waals surface area contributed by atoms with E-state index in [-0.39, 0.29) is 6.29 Å². The second-order valence-electron chi connectivity index (χ2n) is 3.76. The Kier molecular flexibility index (Phi) is 3.58. The molecule has 2 fully saturated rings. The summed E-state index contributed by atoms with van der Waals surface area (Å²) in [5.74, 6) is 0. The minimum atomic E-state index is 0.0946. The van der Waals surface area contributed by atoms with Crippen LogP contribution in [0.25, 0.3) is 0 Å². The number of rotatable bonds is 6. The molecule has 0 amide bonds. The first kappa shape index (κ1) is 9.44. The molecule has 0 aromatic heterocycles. The van der Waals surface area contributed by atoms with E-state index in [0.29, 0.717) is 6.10 Å². The zero-order valence-electron chi connectivity index (χ0n) is 8.04. The predicted octanol–water partition coefficient (Wildman–Crippen LogP) is 1.71. The zero-order chi connectivity index (χ0) is 8.93. The molecule has 3 heteroatoms. The lowest BCUT2D eigenvalue weighted by atomic mass is 10.2. The smallest absolute Gasteiger partial charge is 0.157 e. The number of unbranched alkanes of at least 4 members (excludes halogenated alkanes) is 1. The van der Waals surface area contributed by atoms with Gasteiger partial charge in [0.25, 0.3) is 0 Å². The third-order valence-electron chi connectivity index (χ3n) is 2.51. The van der Waals surface area contributed by atoms with Crippen LogP contribution in [-0.4, -0.2) is 32.2 Å². The Morgan fingerprint density at radius 2 is 2.15 bits per heavy atom. The average Bonchev–Trinajstić information content (AvgIpc) is 2.81. The van der Waals surface area contributed by atoms with E-state index >= 15 is 0 Å². The van der Waals surface area contributed by atoms with Gasteiger partial charge in [0, 0.05) is 19.6 Å². The largest absolute Gasteiger partial charge is 0.373 e. The van der Waals surface area contributed by atoms with Crippen LogP contribution in [0, 0.1) is 0 Å². The van der Waals surface area contributed by atoms with Crippen molar-refractivity contribution >= 4 is 0 Å². The van der Waals surface area contributed by atoms with Crippen LogP contribution < -0.4 is 0 Å². The highest BCUT2D eigenvalue weighted by Gasteiger charge is 2.21. The van der Waals surface area contributed by atoms with E-state index in [0.717, 1.165) is 39.1 Å². The molecule has 3 nitrogen and oxygen atoms in total. The maximum atomic E-state index is 5.54. The monoisotopic (exact) mass is 186 g/mol. The maximum Gasteiger partial charge on any atom is 0.157 e. The zero-order valence-corrected chi connectivity index (χ0v) is 8.04. The van der Waals surface area contributed by atoms with Gasteiger partial charge in [-0.2, -0.15) is 0 Å². The summed E-state index contributed by atoms with van der Waals surface area (Å²) in [6.07, 6.45) is 6.46. The molecule has 0 bridgehead atoms. The van der Waals surface area contributed by atoms with Gasteiger partial charge in [-0.1, -0.05) is 0 Å². The predicted molar refractivity (Wildman–Crippen MR) is 48.5 cm³/mol. The molecule has 0 spiro atoms. The highest BCUT2D eigenvalue weighted by atomic mass is 16.7. The maximum absolute atomic E-state index is 5.54. The van der Waals surface area contributed by atoms with E-state index in [9.17, 15) is 0 Å². The summed E-state index contributed by atoms with van der Waals surface area (Å²) in [6, 6.07) is 0. The van der Waals surface area contributed by atoms with E-state index in [2.05, 4.69) is 0 Å². The van der Waals surface area contributed by atoms with Crippen molar-refractivity contribution < 1.29 is 14.2 Å². The second-order valence-corrected chi connectivity index (χ2v) is 3.76. The number of hydrogen-bond donors (Lipinski definition) is 0. The second kappa shape index (κ2) is 4.94. The van der Waals surface area contributed by atoms with Gasteiger partial charge in [-0.15, -0.1) is 0 Å². The number of epoxide rings is 1. The van der Waals surface area contributed by atoms with Gasteiger partial charge in [0.2, 0.25) is 0 Å². The van der Waals surface area contributed by atoms with Crippen molar-refractivity contribution in [3.8, 4) is 0 Å². The Morgan fingerprint density at radius 3 is 2.85 bits per heavy atom. The Labute approximate surface area is 79.4 Å². The molecule has 0 radical (unpaired) electrons. The quantitative estimate of drug-likeness (QED) is 0.467. The molecule has 2 aliphatic rings. The van der Waals surface area contributed by atoms with E-state index in [1.54, 1.807) is 0 Å². The molecule has 0 aliphatic carbocycles. The minimum Gasteiger partial charge on any atom is -0.373 e. The SMILES string of the molecule is C(CCC1CO1)COC1CCCO1. The first-order valence-corrected chi connectivity index (χ1v) is 5.30. The molecule has 2 aliphatic heterocycles. The molecular weight excluding hydrogens is 168 g/mol. The van der Waals surface area contributed by atoms with Crippen LogP contribution in [0.15, 0.2) is 0 Å². The van der Waals surface area contributed by atoms with Crippen molar-refractivity contribution in [1.29, 1.82) is 0 Å². The summed E-state index contributed by atoms with van der Waals surface area (Å²) < 4.78 is 16.0. The van der Waals surface area contributed by atoms with Crippen LogP contribution in [0.5, 0.6) is 0 Å². The molecule has 0 saturated carbocycles. The lowest BCUT2D eigenvalue weighted by Gasteiger charge is -2.09. The molecule has 2 saturated heterocycles. The van der Waals surface area contributed by atoms with E-state index in [1.165, 1.54) is 12.8 Å². The van der Waals surface area contributed by atoms with Gasteiger partial charge in [0.05, 0.1) is 12.7 Å². The fourth-order valence-corrected chi connectivity index (χ4v) is 1.60. The molecule has 2 unspecified atom stereocenters. The molecule has 0 aromatic rings. The summed E-state index contributed by atoms with van der Waals surface area (Å²) in [6.45, 7) is 2.70. The van der Waals surface area contributed by atoms with Gasteiger partial charge in [0.15, 0.2) is 6.29 Å². The Hall–Kier alpha value is -0.120. The van der Waals surface area contributed by atoms with Gasteiger partial charge in [0.1, 0.15) is 0 Å². The standard InChI is InChI=1S/C10H18O3/c1(4-9-8-13-9)2-6-11-10-5-3-7-12-10/h9-10H,1-8H2. The molecule has 2 rings (SSSR count). The Morgan fingerprint density at radius 1 is 1.23 bits per heavy atom. The van der Waals surface area contributed by atoms with E-state index in [4.69, 9.17) is 14.2 Å². The van der Waals surface area contributed by atoms with Crippen LogP contribution in [-0.2, 0) is 14.2 Å². The summed E-state index contributed by atoms with van der Waals surface area (Å²) in [5, 5.41) is 0. The highest BCUT2D eigenvalue weighted by Crippen LogP contribution is 2.17. The third-order valence-corrected chi connectivity index (χ3v) is 2.51. The van der Waals surface area contributed by atoms with Crippen LogP contribution in [0.4, 0.5) is 0 Å². The summed E-state index contributed by atoms with van der Waals surface area (Å²) in [5.41, 5.74) is 0. The molecule has 2 atom stereocenters. The summed E-state index contributed by atoms with van der Waals surface area (Å²) >= 11 is 0. The molecule has 13 heavy (non-hydrogen) atoms. The van der Waals surface area contributed by atoms with E-state index < -0.39 is 0 Å². The van der Waals surface area contributed by atoms with Crippen LogP contribution >= 0.6 is 0 Å². The fourth-order valence-electron chi connectivity index (χ4n) is 1.60. The average molecular weight is 186 g/mol. The minimum absolute atomic E-state index is 0.0946. The van der Waals surface area contributed by atoms with Gasteiger partial charge in [-0.05, 0) is 25.7 Å². The first-order valence-electron chi connectivity index (χ1n) is 5.30. The van der Waals surface area contributed by atoms with Gasteiger partial charge >= 0.3 is 0 Å². The van der Waals surface area contributed by atoms with Gasteiger partial charge in [-0.25, -0.2) is 0 Å². The van der Waals surface area contributed by atoms with Crippen LogP contribution in [0.2, 0.25) is 0 Å². The lowest BCUT2D eigenvalue weighted by molar-refractivity contribution is -0.111. The number of ether oxygens (including phenoxy) is 3. The van der Waals surface area contributed by atoms with E-state index in [1.807, 2.05) is 0 Å². The summed E-state index contributed by atoms with van der Waals surface area (Å²) in [4.78, 5) is 0. The van der Waals surface area contributed by atoms with Crippen LogP contribution in [0.3, 0.4) is 0 Å². The van der Waals surface area contributed by atoms with Gasteiger partial charge < -0.3 is 14.2 Å². The fraction of sp³-hybridized carbons (Fsp3) is 1.00. The first-order chi connectivity index (χ1) is 6.45. The van der Waals surface area contributed by atoms with Crippen LogP contribution in [0.1, 0.15) is 32.1 Å². The Balaban J connectivity index is 1.39. The highest BCUT2D eigenvalue weighted by molar-refractivity contribution is 4.68. The third kappa shape index (κ3) is 3.63. The Bertz CT molecular complexity index is 139. The summed E-state index contributed by atoms with van der Waals surface area (Å²) in [7, 11) is 0. The van der Waals surface area contributed by atoms with Crippen molar-refractivity contribution in [3.63, 3.8) is 0 Å². The van der Waals surface area contributed by atoms with Crippen molar-refractivity contribution in [2.45, 2.75) is 44.5 Å².